The summed E-state index contributed by atoms with van der Waals surface area (Å²) in [6, 6.07) is 18.1. The molecule has 0 saturated heterocycles. The Morgan fingerprint density at radius 3 is 2.11 bits per heavy atom. The highest BCUT2D eigenvalue weighted by molar-refractivity contribution is 7.72. The van der Waals surface area contributed by atoms with E-state index >= 15 is 0 Å². The molecule has 5 rings (SSSR count). The number of nitrogens with zero attached hydrogens (tertiary/aromatic N) is 6. The Bertz CT molecular complexity index is 2780. The predicted molar refractivity (Wildman–Crippen MR) is 255 cm³/mol. The summed E-state index contributed by atoms with van der Waals surface area (Å²) in [5.41, 5.74) is 17.4. The zero-order valence-corrected chi connectivity index (χ0v) is 40.1. The summed E-state index contributed by atoms with van der Waals surface area (Å²) >= 11 is 0. The monoisotopic (exact) mass is 1040 g/mol. The zero-order chi connectivity index (χ0) is 52.5. The molecule has 29 heteroatoms. The van der Waals surface area contributed by atoms with Crippen LogP contribution in [0.2, 0.25) is 0 Å². The van der Waals surface area contributed by atoms with Gasteiger partial charge in [0.05, 0.1) is 64.3 Å². The summed E-state index contributed by atoms with van der Waals surface area (Å²) in [6.07, 6.45) is 2.28. The van der Waals surface area contributed by atoms with Gasteiger partial charge in [0.1, 0.15) is 25.0 Å². The number of rotatable bonds is 28. The second-order valence-corrected chi connectivity index (χ2v) is 19.4. The average molecular weight is 1040 g/mol. The SMILES string of the molecule is CN(Cc1cnc2nc(N)nc(N)c2n1)c1ccc(C(=O)NC(CCC(=O)O)C(=O)OCc2ccc(C(=O)N/N=C\c3cccc(OCCOCCOCCOCC(O)(P(=O)(O)O)P(=O)(O)O)c3)cc2)cc1. The second-order valence-electron chi connectivity index (χ2n) is 15.4. The molecule has 0 radical (unpaired) electrons. The van der Waals surface area contributed by atoms with Gasteiger partial charge in [0.15, 0.2) is 17.0 Å². The summed E-state index contributed by atoms with van der Waals surface area (Å²) in [5, 5.41) is 22.0. The Kier molecular flexibility index (Phi) is 20.1. The summed E-state index contributed by atoms with van der Waals surface area (Å²) in [5.74, 6) is -2.63. The number of carboxylic acid groups (broad SMARTS) is 1. The topological polar surface area (TPSA) is 413 Å². The first-order chi connectivity index (χ1) is 34.1. The minimum atomic E-state index is -5.62. The number of aliphatic hydroxyl groups is 1. The molecule has 0 fully saturated rings. The number of carbonyl (C=O) groups is 4. The van der Waals surface area contributed by atoms with Crippen molar-refractivity contribution in [2.24, 2.45) is 5.10 Å². The van der Waals surface area contributed by atoms with E-state index in [9.17, 15) is 38.5 Å². The first-order valence-electron chi connectivity index (χ1n) is 21.4. The number of carbonyl (C=O) groups excluding carboxylic acids is 3. The van der Waals surface area contributed by atoms with E-state index < -0.39 is 63.1 Å². The van der Waals surface area contributed by atoms with Gasteiger partial charge in [0, 0.05) is 30.3 Å². The van der Waals surface area contributed by atoms with Crippen LogP contribution in [-0.2, 0) is 50.8 Å². The van der Waals surface area contributed by atoms with Crippen LogP contribution in [-0.4, -0.2) is 144 Å². The molecule has 72 heavy (non-hydrogen) atoms. The van der Waals surface area contributed by atoms with Crippen molar-refractivity contribution in [2.45, 2.75) is 37.1 Å². The van der Waals surface area contributed by atoms with E-state index in [1.807, 2.05) is 4.90 Å². The number of anilines is 3. The number of aromatic nitrogens is 4. The molecule has 386 valence electrons. The molecule has 2 aromatic heterocycles. The van der Waals surface area contributed by atoms with Crippen molar-refractivity contribution in [3.05, 3.63) is 107 Å². The number of nitrogen functional groups attached to an aromatic ring is 2. The van der Waals surface area contributed by atoms with Gasteiger partial charge in [-0.05, 0) is 66.1 Å². The number of nitrogens with one attached hydrogen (secondary N) is 2. The van der Waals surface area contributed by atoms with Gasteiger partial charge in [-0.1, -0.05) is 24.3 Å². The van der Waals surface area contributed by atoms with Gasteiger partial charge in [0.25, 0.3) is 16.9 Å². The molecule has 0 aliphatic rings. The third kappa shape index (κ3) is 16.5. The molecule has 0 spiro atoms. The lowest BCUT2D eigenvalue weighted by molar-refractivity contribution is -0.147. The van der Waals surface area contributed by atoms with Crippen LogP contribution in [0.5, 0.6) is 5.75 Å². The fraction of sp³-hybridized carbons (Fsp3) is 0.326. The normalized spacial score (nSPS) is 12.4. The minimum Gasteiger partial charge on any atom is -0.491 e. The van der Waals surface area contributed by atoms with E-state index in [4.69, 9.17) is 54.7 Å². The molecular formula is C43H52N10O17P2. The summed E-state index contributed by atoms with van der Waals surface area (Å²) in [6.45, 7) is -1.13. The number of hydrogen-bond donors (Lipinski definition) is 10. The van der Waals surface area contributed by atoms with Gasteiger partial charge in [-0.25, -0.2) is 20.2 Å². The van der Waals surface area contributed by atoms with Gasteiger partial charge < -0.3 is 75.2 Å². The number of benzene rings is 3. The lowest BCUT2D eigenvalue weighted by Crippen LogP contribution is -2.42. The van der Waals surface area contributed by atoms with Crippen LogP contribution in [0.15, 0.2) is 84.1 Å². The number of nitrogens with two attached hydrogens (primary N) is 2. The Hall–Kier alpha value is -7.03. The van der Waals surface area contributed by atoms with Crippen molar-refractivity contribution in [1.82, 2.24) is 30.7 Å². The first kappa shape index (κ1) is 55.9. The molecule has 2 amide bonds. The number of aliphatic carboxylic acids is 1. The number of esters is 1. The number of hydrazone groups is 1. The molecule has 27 nitrogen and oxygen atoms in total. The Morgan fingerprint density at radius 2 is 1.46 bits per heavy atom. The molecule has 5 aromatic rings. The molecule has 3 aromatic carbocycles. The largest absolute Gasteiger partial charge is 0.491 e. The van der Waals surface area contributed by atoms with Gasteiger partial charge in [0.2, 0.25) is 5.95 Å². The molecule has 0 saturated carbocycles. The van der Waals surface area contributed by atoms with Gasteiger partial charge in [-0.3, -0.25) is 23.5 Å². The maximum atomic E-state index is 13.2. The van der Waals surface area contributed by atoms with E-state index in [0.29, 0.717) is 40.3 Å². The van der Waals surface area contributed by atoms with Gasteiger partial charge in [-0.15, -0.1) is 0 Å². The first-order valence-corrected chi connectivity index (χ1v) is 24.6. The van der Waals surface area contributed by atoms with Crippen LogP contribution in [0.25, 0.3) is 11.2 Å². The van der Waals surface area contributed by atoms with Gasteiger partial charge in [-0.2, -0.15) is 15.1 Å². The molecule has 0 bridgehead atoms. The minimum absolute atomic E-state index is 0.0170. The highest BCUT2D eigenvalue weighted by Crippen LogP contribution is 2.67. The lowest BCUT2D eigenvalue weighted by Gasteiger charge is -2.28. The van der Waals surface area contributed by atoms with Crippen LogP contribution in [0, 0.1) is 0 Å². The lowest BCUT2D eigenvalue weighted by atomic mass is 10.1. The van der Waals surface area contributed by atoms with Crippen LogP contribution in [0.4, 0.5) is 17.5 Å². The fourth-order valence-corrected chi connectivity index (χ4v) is 8.02. The molecule has 0 aliphatic carbocycles. The van der Waals surface area contributed by atoms with E-state index in [0.717, 1.165) is 0 Å². The van der Waals surface area contributed by atoms with E-state index in [1.165, 1.54) is 24.5 Å². The molecular weight excluding hydrogens is 990 g/mol. The van der Waals surface area contributed by atoms with Crippen LogP contribution in [0.3, 0.4) is 0 Å². The number of amides is 2. The standard InChI is InChI=1S/C43H52N10O17P2/c1-53(24-31-23-46-38-36(48-31)37(44)50-42(45)51-38)32-11-9-29(10-12-32)39(56)49-34(13-14-35(54)55)41(58)70-25-27-5-7-30(8-6-27)40(57)52-47-22-28-3-2-4-33(21-28)69-20-19-67-16-15-66-17-18-68-26-43(59,71(60,61)62)72(63,64)65/h2-12,21-23,34,59H,13-20,24-26H2,1H3,(H,49,56)(H,52,57)(H,54,55)(H2,60,61,62)(H2,63,64,65)(H4,44,45,46,50,51)/b47-22-. The second kappa shape index (κ2) is 25.9. The van der Waals surface area contributed by atoms with E-state index in [2.05, 4.69) is 35.8 Å². The highest BCUT2D eigenvalue weighted by atomic mass is 31.2. The van der Waals surface area contributed by atoms with Crippen molar-refractivity contribution in [3.8, 4) is 5.75 Å². The number of ether oxygens (including phenoxy) is 5. The van der Waals surface area contributed by atoms with Crippen molar-refractivity contribution in [1.29, 1.82) is 0 Å². The number of fused-ring (bicyclic) bond motifs is 1. The maximum Gasteiger partial charge on any atom is 0.371 e. The van der Waals surface area contributed by atoms with Crippen molar-refractivity contribution >= 4 is 73.8 Å². The number of hydrogen-bond acceptors (Lipinski definition) is 20. The number of carboxylic acids is 1. The summed E-state index contributed by atoms with van der Waals surface area (Å²) in [4.78, 5) is 105. The average Bonchev–Trinajstić information content (AvgIpc) is 3.33. The van der Waals surface area contributed by atoms with Crippen LogP contribution < -0.4 is 31.8 Å². The van der Waals surface area contributed by atoms with Crippen molar-refractivity contribution in [3.63, 3.8) is 0 Å². The van der Waals surface area contributed by atoms with Gasteiger partial charge >= 0.3 is 27.1 Å². The van der Waals surface area contributed by atoms with Crippen LogP contribution >= 0.6 is 15.2 Å². The Morgan fingerprint density at radius 1 is 0.833 bits per heavy atom. The van der Waals surface area contributed by atoms with Crippen LogP contribution in [0.1, 0.15) is 50.4 Å². The quantitative estimate of drug-likeness (QED) is 0.0110. The third-order valence-corrected chi connectivity index (χ3v) is 13.7. The Balaban J connectivity index is 1.00. The molecule has 12 N–H and O–H groups in total. The van der Waals surface area contributed by atoms with E-state index in [-0.39, 0.29) is 81.2 Å². The molecule has 0 aliphatic heterocycles. The Labute approximate surface area is 409 Å². The fourth-order valence-electron chi connectivity index (χ4n) is 6.15. The summed E-state index contributed by atoms with van der Waals surface area (Å²) < 4.78 is 49.2. The summed E-state index contributed by atoms with van der Waals surface area (Å²) in [7, 11) is -9.43. The molecule has 1 unspecified atom stereocenters. The molecule has 2 heterocycles. The maximum absolute atomic E-state index is 13.2. The molecule has 1 atom stereocenters. The van der Waals surface area contributed by atoms with E-state index in [1.54, 1.807) is 67.7 Å². The van der Waals surface area contributed by atoms with Crippen molar-refractivity contribution < 1.29 is 81.8 Å². The third-order valence-electron chi connectivity index (χ3n) is 10.0. The zero-order valence-electron chi connectivity index (χ0n) is 38.3. The van der Waals surface area contributed by atoms with Crippen molar-refractivity contribution in [2.75, 3.05) is 69.7 Å². The predicted octanol–water partition coefficient (Wildman–Crippen LogP) is 1.12. The highest BCUT2D eigenvalue weighted by Gasteiger charge is 2.59. The smallest absolute Gasteiger partial charge is 0.371 e.